The molecule has 6 heteroatoms. The lowest BCUT2D eigenvalue weighted by Crippen LogP contribution is -2.51. The van der Waals surface area contributed by atoms with Crippen LogP contribution in [0.15, 0.2) is 29.3 Å². The van der Waals surface area contributed by atoms with Crippen molar-refractivity contribution >= 4 is 17.6 Å². The highest BCUT2D eigenvalue weighted by molar-refractivity contribution is 5.81. The molecule has 3 aliphatic rings. The zero-order valence-corrected chi connectivity index (χ0v) is 17.2. The number of nitrogens with zero attached hydrogens (tertiary/aromatic N) is 3. The van der Waals surface area contributed by atoms with Crippen molar-refractivity contribution in [1.29, 1.82) is 0 Å². The maximum Gasteiger partial charge on any atom is 0.220 e. The molecule has 2 N–H and O–H groups in total. The van der Waals surface area contributed by atoms with Gasteiger partial charge in [0.25, 0.3) is 0 Å². The van der Waals surface area contributed by atoms with Gasteiger partial charge in [-0.3, -0.25) is 9.79 Å². The predicted octanol–water partition coefficient (Wildman–Crippen LogP) is 2.01. The van der Waals surface area contributed by atoms with E-state index >= 15 is 0 Å². The van der Waals surface area contributed by atoms with E-state index in [1.54, 1.807) is 0 Å². The van der Waals surface area contributed by atoms with Gasteiger partial charge in [0.2, 0.25) is 5.91 Å². The number of carbonyl (C=O) groups excluding carboxylic acids is 1. The second kappa shape index (κ2) is 8.02. The number of para-hydroxylation sites is 1. The highest BCUT2D eigenvalue weighted by atomic mass is 16.1. The standard InChI is InChI=1S/C22H33N5O/c1-3-23-21(26-11-6-9-22(16-26)14-20(28)25-15-22)24-10-12-27-17(2)13-18-7-4-5-8-19(18)27/h4-5,7-8,17H,3,6,9-16H2,1-2H3,(H,23,24)(H,25,28). The number of benzene rings is 1. The molecule has 0 bridgehead atoms. The van der Waals surface area contributed by atoms with Crippen molar-refractivity contribution in [2.75, 3.05) is 44.2 Å². The van der Waals surface area contributed by atoms with Crippen LogP contribution in [0.2, 0.25) is 0 Å². The van der Waals surface area contributed by atoms with Crippen LogP contribution in [0.5, 0.6) is 0 Å². The van der Waals surface area contributed by atoms with Crippen molar-refractivity contribution in [2.24, 2.45) is 10.4 Å². The third-order valence-corrected chi connectivity index (χ3v) is 6.44. The molecule has 1 aromatic carbocycles. The molecule has 3 heterocycles. The van der Waals surface area contributed by atoms with Gasteiger partial charge in [-0.05, 0) is 44.7 Å². The minimum absolute atomic E-state index is 0.0912. The van der Waals surface area contributed by atoms with E-state index in [1.165, 1.54) is 11.3 Å². The van der Waals surface area contributed by atoms with Gasteiger partial charge in [-0.2, -0.15) is 0 Å². The van der Waals surface area contributed by atoms with E-state index < -0.39 is 0 Å². The van der Waals surface area contributed by atoms with Crippen LogP contribution in [-0.4, -0.2) is 62.1 Å². The molecule has 2 fully saturated rings. The van der Waals surface area contributed by atoms with Crippen LogP contribution in [0.3, 0.4) is 0 Å². The van der Waals surface area contributed by atoms with Crippen molar-refractivity contribution in [1.82, 2.24) is 15.5 Å². The Balaban J connectivity index is 1.42. The molecule has 2 saturated heterocycles. The SMILES string of the molecule is CCNC(=NCCN1c2ccccc2CC1C)N1CCCC2(CNC(=O)C2)C1. The Kier molecular flexibility index (Phi) is 5.47. The molecule has 0 saturated carbocycles. The summed E-state index contributed by atoms with van der Waals surface area (Å²) in [6, 6.07) is 9.26. The van der Waals surface area contributed by atoms with E-state index in [4.69, 9.17) is 4.99 Å². The molecule has 2 atom stereocenters. The molecule has 0 aliphatic carbocycles. The zero-order chi connectivity index (χ0) is 19.6. The van der Waals surface area contributed by atoms with Crippen molar-refractivity contribution in [3.63, 3.8) is 0 Å². The van der Waals surface area contributed by atoms with Crippen LogP contribution in [0.25, 0.3) is 0 Å². The molecule has 3 aliphatic heterocycles. The molecule has 6 nitrogen and oxygen atoms in total. The number of guanidine groups is 1. The summed E-state index contributed by atoms with van der Waals surface area (Å²) in [6.07, 6.45) is 4.03. The summed E-state index contributed by atoms with van der Waals surface area (Å²) < 4.78 is 0. The summed E-state index contributed by atoms with van der Waals surface area (Å²) in [5, 5.41) is 6.51. The minimum atomic E-state index is 0.0912. The molecule has 1 amide bonds. The lowest BCUT2D eigenvalue weighted by atomic mass is 9.79. The van der Waals surface area contributed by atoms with Gasteiger partial charge in [0, 0.05) is 56.3 Å². The fourth-order valence-corrected chi connectivity index (χ4v) is 5.09. The summed E-state index contributed by atoms with van der Waals surface area (Å²) >= 11 is 0. The van der Waals surface area contributed by atoms with E-state index in [-0.39, 0.29) is 11.3 Å². The molecule has 1 spiro atoms. The molecular weight excluding hydrogens is 350 g/mol. The Hall–Kier alpha value is -2.24. The average Bonchev–Trinajstić information content (AvgIpc) is 3.20. The fourth-order valence-electron chi connectivity index (χ4n) is 5.09. The Morgan fingerprint density at radius 3 is 3.04 bits per heavy atom. The summed E-state index contributed by atoms with van der Waals surface area (Å²) in [7, 11) is 0. The molecule has 152 valence electrons. The highest BCUT2D eigenvalue weighted by Gasteiger charge is 2.42. The quantitative estimate of drug-likeness (QED) is 0.617. The van der Waals surface area contributed by atoms with Gasteiger partial charge < -0.3 is 20.4 Å². The average molecular weight is 384 g/mol. The van der Waals surface area contributed by atoms with Crippen LogP contribution in [0, 0.1) is 5.41 Å². The Labute approximate surface area is 168 Å². The van der Waals surface area contributed by atoms with Gasteiger partial charge in [-0.1, -0.05) is 18.2 Å². The predicted molar refractivity (Wildman–Crippen MR) is 114 cm³/mol. The molecule has 0 aromatic heterocycles. The van der Waals surface area contributed by atoms with E-state index in [0.29, 0.717) is 12.5 Å². The maximum absolute atomic E-state index is 11.8. The monoisotopic (exact) mass is 383 g/mol. The molecule has 1 aromatic rings. The molecule has 4 rings (SSSR count). The molecular formula is C22H33N5O. The normalized spacial score (nSPS) is 27.3. The number of fused-ring (bicyclic) bond motifs is 1. The maximum atomic E-state index is 11.8. The number of carbonyl (C=O) groups is 1. The number of rotatable bonds is 4. The lowest BCUT2D eigenvalue weighted by Gasteiger charge is -2.40. The van der Waals surface area contributed by atoms with Crippen LogP contribution in [-0.2, 0) is 11.2 Å². The third-order valence-electron chi connectivity index (χ3n) is 6.44. The fraction of sp³-hybridized carbons (Fsp3) is 0.636. The third kappa shape index (κ3) is 3.82. The van der Waals surface area contributed by atoms with Crippen LogP contribution in [0.4, 0.5) is 5.69 Å². The van der Waals surface area contributed by atoms with Crippen LogP contribution >= 0.6 is 0 Å². The first-order chi connectivity index (χ1) is 13.6. The van der Waals surface area contributed by atoms with E-state index in [1.807, 2.05) is 0 Å². The minimum Gasteiger partial charge on any atom is -0.366 e. The number of nitrogens with one attached hydrogen (secondary N) is 2. The van der Waals surface area contributed by atoms with E-state index in [2.05, 4.69) is 58.5 Å². The summed E-state index contributed by atoms with van der Waals surface area (Å²) in [5.41, 5.74) is 2.90. The molecule has 2 unspecified atom stereocenters. The van der Waals surface area contributed by atoms with E-state index in [9.17, 15) is 4.79 Å². The Bertz CT molecular complexity index is 748. The van der Waals surface area contributed by atoms with Gasteiger partial charge in [0.15, 0.2) is 5.96 Å². The van der Waals surface area contributed by atoms with Crippen molar-refractivity contribution in [3.05, 3.63) is 29.8 Å². The number of likely N-dealkylation sites (tertiary alicyclic amines) is 1. The molecule has 0 radical (unpaired) electrons. The molecule has 28 heavy (non-hydrogen) atoms. The number of amides is 1. The number of aliphatic imine (C=N–C) groups is 1. The highest BCUT2D eigenvalue weighted by Crippen LogP contribution is 2.36. The zero-order valence-electron chi connectivity index (χ0n) is 17.2. The first-order valence-corrected chi connectivity index (χ1v) is 10.7. The lowest BCUT2D eigenvalue weighted by molar-refractivity contribution is -0.119. The first-order valence-electron chi connectivity index (χ1n) is 10.7. The Morgan fingerprint density at radius 1 is 1.39 bits per heavy atom. The number of hydrogen-bond donors (Lipinski definition) is 2. The summed E-state index contributed by atoms with van der Waals surface area (Å²) in [4.78, 5) is 21.6. The van der Waals surface area contributed by atoms with Crippen molar-refractivity contribution in [2.45, 2.75) is 45.6 Å². The second-order valence-electron chi connectivity index (χ2n) is 8.59. The van der Waals surface area contributed by atoms with Gasteiger partial charge in [-0.25, -0.2) is 0 Å². The largest absolute Gasteiger partial charge is 0.366 e. The van der Waals surface area contributed by atoms with Gasteiger partial charge in [-0.15, -0.1) is 0 Å². The number of piperidine rings is 1. The van der Waals surface area contributed by atoms with Crippen LogP contribution < -0.4 is 15.5 Å². The van der Waals surface area contributed by atoms with Crippen LogP contribution in [0.1, 0.15) is 38.7 Å². The number of hydrogen-bond acceptors (Lipinski definition) is 3. The van der Waals surface area contributed by atoms with Crippen molar-refractivity contribution in [3.8, 4) is 0 Å². The van der Waals surface area contributed by atoms with E-state index in [0.717, 1.165) is 64.5 Å². The van der Waals surface area contributed by atoms with Gasteiger partial charge in [0.1, 0.15) is 0 Å². The topological polar surface area (TPSA) is 60.0 Å². The second-order valence-corrected chi connectivity index (χ2v) is 8.59. The smallest absolute Gasteiger partial charge is 0.220 e. The Morgan fingerprint density at radius 2 is 2.25 bits per heavy atom. The number of anilines is 1. The van der Waals surface area contributed by atoms with Crippen molar-refractivity contribution < 1.29 is 4.79 Å². The summed E-state index contributed by atoms with van der Waals surface area (Å²) in [6.45, 7) is 9.74. The first kappa shape index (κ1) is 19.1. The van der Waals surface area contributed by atoms with Gasteiger partial charge >= 0.3 is 0 Å². The van der Waals surface area contributed by atoms with Gasteiger partial charge in [0.05, 0.1) is 6.54 Å². The summed E-state index contributed by atoms with van der Waals surface area (Å²) in [5.74, 6) is 1.20.